The number of allylic oxidation sites excluding steroid dienone is 1. The second-order valence-corrected chi connectivity index (χ2v) is 6.45. The molecule has 0 fully saturated rings. The average Bonchev–Trinajstić information content (AvgIpc) is 3.07. The molecular formula is C19H17BrN4O2. The molecule has 0 aliphatic carbocycles. The van der Waals surface area contributed by atoms with Crippen molar-refractivity contribution in [2.75, 3.05) is 13.7 Å². The molecule has 0 saturated carbocycles. The number of pyridine rings is 1. The minimum absolute atomic E-state index is 0.406. The number of hydrogen-bond donors (Lipinski definition) is 1. The summed E-state index contributed by atoms with van der Waals surface area (Å²) in [5, 5.41) is 9.55. The Morgan fingerprint density at radius 2 is 2.19 bits per heavy atom. The van der Waals surface area contributed by atoms with E-state index in [-0.39, 0.29) is 0 Å². The maximum atomic E-state index is 9.55. The van der Waals surface area contributed by atoms with Crippen molar-refractivity contribution in [1.82, 2.24) is 15.0 Å². The molecule has 1 N–H and O–H groups in total. The van der Waals surface area contributed by atoms with E-state index < -0.39 is 0 Å². The fourth-order valence-electron chi connectivity index (χ4n) is 2.43. The van der Waals surface area contributed by atoms with Gasteiger partial charge in [-0.05, 0) is 52.2 Å². The van der Waals surface area contributed by atoms with Gasteiger partial charge in [0.2, 0.25) is 0 Å². The van der Waals surface area contributed by atoms with Gasteiger partial charge in [0.1, 0.15) is 6.07 Å². The first-order valence-corrected chi connectivity index (χ1v) is 8.88. The number of halogens is 1. The van der Waals surface area contributed by atoms with Crippen LogP contribution >= 0.6 is 15.9 Å². The highest BCUT2D eigenvalue weighted by molar-refractivity contribution is 9.10. The molecule has 0 bridgehead atoms. The number of ether oxygens (including phenoxy) is 2. The number of aromatic nitrogens is 3. The third-order valence-electron chi connectivity index (χ3n) is 3.64. The maximum Gasteiger partial charge on any atom is 0.178 e. The number of hydrogen-bond acceptors (Lipinski definition) is 5. The van der Waals surface area contributed by atoms with Crippen LogP contribution in [0, 0.1) is 11.3 Å². The summed E-state index contributed by atoms with van der Waals surface area (Å²) in [6, 6.07) is 9.61. The molecule has 0 spiro atoms. The lowest BCUT2D eigenvalue weighted by Crippen LogP contribution is -1.98. The number of H-pyrrole nitrogens is 1. The molecule has 0 amide bonds. The number of nitrogens with zero attached hydrogens (tertiary/aromatic N) is 3. The molecule has 2 aromatic heterocycles. The van der Waals surface area contributed by atoms with Crippen LogP contribution in [-0.4, -0.2) is 28.7 Å². The fourth-order valence-corrected chi connectivity index (χ4v) is 2.76. The summed E-state index contributed by atoms with van der Waals surface area (Å²) < 4.78 is 11.9. The number of aromatic amines is 1. The van der Waals surface area contributed by atoms with Crippen molar-refractivity contribution in [3.8, 4) is 17.6 Å². The Kier molecular flexibility index (Phi) is 5.54. The summed E-state index contributed by atoms with van der Waals surface area (Å²) in [4.78, 5) is 11.7. The van der Waals surface area contributed by atoms with Gasteiger partial charge < -0.3 is 14.5 Å². The first-order valence-electron chi connectivity index (χ1n) is 8.09. The maximum absolute atomic E-state index is 9.55. The summed E-state index contributed by atoms with van der Waals surface area (Å²) >= 11 is 3.37. The Hall–Kier alpha value is -2.85. The van der Waals surface area contributed by atoms with Crippen LogP contribution in [0.3, 0.4) is 0 Å². The second-order valence-electron chi connectivity index (χ2n) is 5.54. The van der Waals surface area contributed by atoms with Gasteiger partial charge in [0, 0.05) is 10.7 Å². The molecule has 1 aromatic carbocycles. The zero-order valence-electron chi connectivity index (χ0n) is 14.4. The summed E-state index contributed by atoms with van der Waals surface area (Å²) in [5.41, 5.74) is 2.54. The molecule has 3 aromatic rings. The standard InChI is InChI=1S/C19H17BrN4O2/c1-3-6-26-16-5-4-12(8-17(16)25-2)7-13(10-21)18-23-15-9-14(20)11-22-19(15)24-18/h4-5,7-9,11H,3,6H2,1-2H3,(H,22,23,24). The van der Waals surface area contributed by atoms with Gasteiger partial charge in [0.15, 0.2) is 23.0 Å². The van der Waals surface area contributed by atoms with Gasteiger partial charge in [-0.25, -0.2) is 9.97 Å². The summed E-state index contributed by atoms with van der Waals surface area (Å²) in [7, 11) is 1.59. The highest BCUT2D eigenvalue weighted by Crippen LogP contribution is 2.30. The lowest BCUT2D eigenvalue weighted by atomic mass is 10.1. The minimum atomic E-state index is 0.406. The zero-order chi connectivity index (χ0) is 18.5. The van der Waals surface area contributed by atoms with E-state index in [0.717, 1.165) is 22.0 Å². The van der Waals surface area contributed by atoms with Gasteiger partial charge in [-0.2, -0.15) is 5.26 Å². The molecule has 0 aliphatic heterocycles. The topological polar surface area (TPSA) is 83.8 Å². The van der Waals surface area contributed by atoms with Crippen LogP contribution in [0.5, 0.6) is 11.5 Å². The quantitative estimate of drug-likeness (QED) is 0.598. The van der Waals surface area contributed by atoms with Crippen LogP contribution in [0.25, 0.3) is 22.8 Å². The lowest BCUT2D eigenvalue weighted by molar-refractivity contribution is 0.294. The van der Waals surface area contributed by atoms with E-state index in [2.05, 4.69) is 37.0 Å². The normalized spacial score (nSPS) is 11.4. The molecule has 0 radical (unpaired) electrons. The number of nitriles is 1. The van der Waals surface area contributed by atoms with Crippen molar-refractivity contribution in [2.24, 2.45) is 0 Å². The van der Waals surface area contributed by atoms with Crippen LogP contribution in [0.2, 0.25) is 0 Å². The molecule has 132 valence electrons. The van der Waals surface area contributed by atoms with Gasteiger partial charge in [-0.1, -0.05) is 13.0 Å². The van der Waals surface area contributed by atoms with Crippen LogP contribution in [0.4, 0.5) is 0 Å². The Balaban J connectivity index is 1.96. The highest BCUT2D eigenvalue weighted by atomic mass is 79.9. The minimum Gasteiger partial charge on any atom is -0.493 e. The van der Waals surface area contributed by atoms with Gasteiger partial charge in [-0.3, -0.25) is 0 Å². The summed E-state index contributed by atoms with van der Waals surface area (Å²) in [6.45, 7) is 2.67. The molecule has 7 heteroatoms. The monoisotopic (exact) mass is 412 g/mol. The Morgan fingerprint density at radius 1 is 1.35 bits per heavy atom. The predicted octanol–water partition coefficient (Wildman–Crippen LogP) is 4.58. The number of nitrogens with one attached hydrogen (secondary N) is 1. The molecule has 3 rings (SSSR count). The van der Waals surface area contributed by atoms with E-state index in [0.29, 0.717) is 35.2 Å². The van der Waals surface area contributed by atoms with Crippen molar-refractivity contribution in [2.45, 2.75) is 13.3 Å². The van der Waals surface area contributed by atoms with E-state index in [4.69, 9.17) is 9.47 Å². The highest BCUT2D eigenvalue weighted by Gasteiger charge is 2.11. The Bertz CT molecular complexity index is 1000. The molecule has 2 heterocycles. The molecule has 0 saturated heterocycles. The van der Waals surface area contributed by atoms with E-state index in [1.54, 1.807) is 19.4 Å². The third kappa shape index (κ3) is 3.86. The van der Waals surface area contributed by atoms with Gasteiger partial charge in [-0.15, -0.1) is 0 Å². The fraction of sp³-hybridized carbons (Fsp3) is 0.211. The Labute approximate surface area is 159 Å². The van der Waals surface area contributed by atoms with Gasteiger partial charge in [0.05, 0.1) is 24.8 Å². The molecule has 0 unspecified atom stereocenters. The number of methoxy groups -OCH3 is 1. The van der Waals surface area contributed by atoms with Crippen LogP contribution < -0.4 is 9.47 Å². The number of imidazole rings is 1. The van der Waals surface area contributed by atoms with Crippen molar-refractivity contribution < 1.29 is 9.47 Å². The average molecular weight is 413 g/mol. The third-order valence-corrected chi connectivity index (χ3v) is 4.07. The first-order chi connectivity index (χ1) is 12.6. The Morgan fingerprint density at radius 3 is 2.92 bits per heavy atom. The van der Waals surface area contributed by atoms with Crippen molar-refractivity contribution in [3.05, 3.63) is 46.3 Å². The van der Waals surface area contributed by atoms with Crippen LogP contribution in [-0.2, 0) is 0 Å². The predicted molar refractivity (Wildman–Crippen MR) is 104 cm³/mol. The van der Waals surface area contributed by atoms with Crippen LogP contribution in [0.1, 0.15) is 24.7 Å². The van der Waals surface area contributed by atoms with E-state index in [1.807, 2.05) is 31.2 Å². The van der Waals surface area contributed by atoms with Gasteiger partial charge >= 0.3 is 0 Å². The van der Waals surface area contributed by atoms with E-state index in [9.17, 15) is 5.26 Å². The lowest BCUT2D eigenvalue weighted by Gasteiger charge is -2.10. The molecule has 0 atom stereocenters. The van der Waals surface area contributed by atoms with E-state index in [1.165, 1.54) is 0 Å². The number of rotatable bonds is 6. The van der Waals surface area contributed by atoms with Crippen molar-refractivity contribution in [3.63, 3.8) is 0 Å². The van der Waals surface area contributed by atoms with Crippen molar-refractivity contribution >= 4 is 38.7 Å². The molecule has 6 nitrogen and oxygen atoms in total. The summed E-state index contributed by atoms with van der Waals surface area (Å²) in [6.07, 6.45) is 4.33. The van der Waals surface area contributed by atoms with Crippen LogP contribution in [0.15, 0.2) is 34.9 Å². The molecular weight excluding hydrogens is 396 g/mol. The molecule has 0 aliphatic rings. The smallest absolute Gasteiger partial charge is 0.178 e. The SMILES string of the molecule is CCCOc1ccc(C=C(C#N)c2nc3ncc(Br)cc3[nH]2)cc1OC. The second kappa shape index (κ2) is 8.02. The van der Waals surface area contributed by atoms with E-state index >= 15 is 0 Å². The first kappa shape index (κ1) is 18.0. The largest absolute Gasteiger partial charge is 0.493 e. The molecule has 26 heavy (non-hydrogen) atoms. The zero-order valence-corrected chi connectivity index (χ0v) is 16.0. The summed E-state index contributed by atoms with van der Waals surface area (Å²) in [5.74, 6) is 1.78. The number of benzene rings is 1. The van der Waals surface area contributed by atoms with Crippen molar-refractivity contribution in [1.29, 1.82) is 5.26 Å². The number of fused-ring (bicyclic) bond motifs is 1. The van der Waals surface area contributed by atoms with Gasteiger partial charge in [0.25, 0.3) is 0 Å².